The van der Waals surface area contributed by atoms with Crippen LogP contribution >= 0.6 is 0 Å². The van der Waals surface area contributed by atoms with Crippen molar-refractivity contribution in [3.05, 3.63) is 66.0 Å². The summed E-state index contributed by atoms with van der Waals surface area (Å²) in [7, 11) is 0. The van der Waals surface area contributed by atoms with E-state index in [1.54, 1.807) is 0 Å². The molecule has 0 bridgehead atoms. The smallest absolute Gasteiger partial charge is 0.183 e. The van der Waals surface area contributed by atoms with Crippen LogP contribution in [0.3, 0.4) is 0 Å². The lowest BCUT2D eigenvalue weighted by Crippen LogP contribution is -2.39. The molecule has 0 saturated carbocycles. The molecule has 1 aromatic carbocycles. The van der Waals surface area contributed by atoms with Gasteiger partial charge in [0.1, 0.15) is 0 Å². The van der Waals surface area contributed by atoms with E-state index in [1.807, 2.05) is 0 Å². The number of hydrogen-bond donors (Lipinski definition) is 0. The molecule has 1 unspecified atom stereocenters. The van der Waals surface area contributed by atoms with Crippen molar-refractivity contribution in [3.8, 4) is 0 Å². The molecule has 0 fully saturated rings. The number of aromatic nitrogens is 1. The molecule has 2 aromatic rings. The van der Waals surface area contributed by atoms with Gasteiger partial charge >= 0.3 is 0 Å². The lowest BCUT2D eigenvalue weighted by Gasteiger charge is -2.10. The Morgan fingerprint density at radius 2 is 1.61 bits per heavy atom. The SMILES string of the molecule is CCCc1cc[n+](C(CC)c2ccccc2)cc1. The first kappa shape index (κ1) is 12.8. The second-order valence-corrected chi connectivity index (χ2v) is 4.74. The second kappa shape index (κ2) is 6.34. The third kappa shape index (κ3) is 2.98. The fraction of sp³-hybridized carbons (Fsp3) is 0.353. The van der Waals surface area contributed by atoms with E-state index in [2.05, 4.69) is 73.3 Å². The zero-order chi connectivity index (χ0) is 12.8. The van der Waals surface area contributed by atoms with E-state index in [4.69, 9.17) is 0 Å². The Morgan fingerprint density at radius 1 is 0.944 bits per heavy atom. The number of nitrogens with zero attached hydrogens (tertiary/aromatic N) is 1. The van der Waals surface area contributed by atoms with Gasteiger partial charge in [-0.1, -0.05) is 50.6 Å². The Morgan fingerprint density at radius 3 is 2.17 bits per heavy atom. The summed E-state index contributed by atoms with van der Waals surface area (Å²) in [6.45, 7) is 4.46. The Bertz CT molecular complexity index is 459. The highest BCUT2D eigenvalue weighted by molar-refractivity contribution is 5.17. The van der Waals surface area contributed by atoms with Crippen LogP contribution < -0.4 is 4.57 Å². The van der Waals surface area contributed by atoms with Crippen LogP contribution in [0.25, 0.3) is 0 Å². The molecule has 0 N–H and O–H groups in total. The van der Waals surface area contributed by atoms with Crippen molar-refractivity contribution in [2.45, 2.75) is 39.2 Å². The fourth-order valence-electron chi connectivity index (χ4n) is 2.43. The van der Waals surface area contributed by atoms with Crippen molar-refractivity contribution < 1.29 is 4.57 Å². The van der Waals surface area contributed by atoms with E-state index in [9.17, 15) is 0 Å². The van der Waals surface area contributed by atoms with Crippen LogP contribution in [0.15, 0.2) is 54.9 Å². The topological polar surface area (TPSA) is 3.88 Å². The monoisotopic (exact) mass is 240 g/mol. The molecule has 18 heavy (non-hydrogen) atoms. The largest absolute Gasteiger partial charge is 0.198 e. The Labute approximate surface area is 110 Å². The summed E-state index contributed by atoms with van der Waals surface area (Å²) >= 11 is 0. The van der Waals surface area contributed by atoms with E-state index >= 15 is 0 Å². The summed E-state index contributed by atoms with van der Waals surface area (Å²) < 4.78 is 2.31. The lowest BCUT2D eigenvalue weighted by molar-refractivity contribution is -0.714. The van der Waals surface area contributed by atoms with Gasteiger partial charge in [0.2, 0.25) is 0 Å². The molecule has 1 aromatic heterocycles. The predicted octanol–water partition coefficient (Wildman–Crippen LogP) is 3.93. The first-order valence-electron chi connectivity index (χ1n) is 6.89. The zero-order valence-electron chi connectivity index (χ0n) is 11.3. The average Bonchev–Trinajstić information content (AvgIpc) is 2.43. The van der Waals surface area contributed by atoms with Crippen molar-refractivity contribution in [1.82, 2.24) is 0 Å². The number of aryl methyl sites for hydroxylation is 1. The third-order valence-electron chi connectivity index (χ3n) is 3.39. The lowest BCUT2D eigenvalue weighted by atomic mass is 10.0. The van der Waals surface area contributed by atoms with Crippen molar-refractivity contribution in [1.29, 1.82) is 0 Å². The molecule has 0 amide bonds. The molecule has 0 spiro atoms. The normalized spacial score (nSPS) is 12.3. The van der Waals surface area contributed by atoms with E-state index in [0.717, 1.165) is 6.42 Å². The van der Waals surface area contributed by atoms with Crippen LogP contribution in [0.5, 0.6) is 0 Å². The van der Waals surface area contributed by atoms with Gasteiger partial charge in [-0.05, 0) is 12.0 Å². The molecule has 1 heterocycles. The number of benzene rings is 1. The molecule has 1 atom stereocenters. The van der Waals surface area contributed by atoms with E-state index in [-0.39, 0.29) is 0 Å². The van der Waals surface area contributed by atoms with Gasteiger partial charge in [0.25, 0.3) is 0 Å². The molecule has 0 radical (unpaired) electrons. The molecular formula is C17H22N+. The highest BCUT2D eigenvalue weighted by Gasteiger charge is 2.17. The highest BCUT2D eigenvalue weighted by atomic mass is 15.0. The summed E-state index contributed by atoms with van der Waals surface area (Å²) in [5, 5.41) is 0. The number of rotatable bonds is 5. The predicted molar refractivity (Wildman–Crippen MR) is 75.5 cm³/mol. The maximum atomic E-state index is 2.31. The Kier molecular flexibility index (Phi) is 4.52. The molecule has 0 aliphatic rings. The highest BCUT2D eigenvalue weighted by Crippen LogP contribution is 2.15. The number of pyridine rings is 1. The van der Waals surface area contributed by atoms with Gasteiger partial charge in [0.15, 0.2) is 18.4 Å². The maximum absolute atomic E-state index is 2.31. The zero-order valence-corrected chi connectivity index (χ0v) is 11.3. The molecule has 0 aliphatic heterocycles. The molecule has 1 heteroatoms. The maximum Gasteiger partial charge on any atom is 0.183 e. The molecule has 0 aliphatic carbocycles. The molecule has 2 rings (SSSR count). The first-order valence-corrected chi connectivity index (χ1v) is 6.89. The minimum Gasteiger partial charge on any atom is -0.198 e. The summed E-state index contributed by atoms with van der Waals surface area (Å²) in [5.74, 6) is 0. The van der Waals surface area contributed by atoms with Crippen LogP contribution in [-0.2, 0) is 6.42 Å². The van der Waals surface area contributed by atoms with Gasteiger partial charge in [-0.25, -0.2) is 0 Å². The molecular weight excluding hydrogens is 218 g/mol. The summed E-state index contributed by atoms with van der Waals surface area (Å²) in [4.78, 5) is 0. The van der Waals surface area contributed by atoms with Gasteiger partial charge in [-0.2, -0.15) is 4.57 Å². The summed E-state index contributed by atoms with van der Waals surface area (Å²) in [6, 6.07) is 15.7. The molecule has 1 nitrogen and oxygen atoms in total. The van der Waals surface area contributed by atoms with Crippen LogP contribution in [0.1, 0.15) is 43.9 Å². The minimum absolute atomic E-state index is 0.446. The van der Waals surface area contributed by atoms with Crippen LogP contribution in [-0.4, -0.2) is 0 Å². The minimum atomic E-state index is 0.446. The first-order chi connectivity index (χ1) is 8.85. The van der Waals surface area contributed by atoms with Crippen LogP contribution in [0.2, 0.25) is 0 Å². The van der Waals surface area contributed by atoms with E-state index in [0.29, 0.717) is 6.04 Å². The number of hydrogen-bond acceptors (Lipinski definition) is 0. The summed E-state index contributed by atoms with van der Waals surface area (Å²) in [6.07, 6.45) is 7.92. The Hall–Kier alpha value is -1.63. The summed E-state index contributed by atoms with van der Waals surface area (Å²) in [5.41, 5.74) is 2.81. The van der Waals surface area contributed by atoms with Crippen molar-refractivity contribution in [2.24, 2.45) is 0 Å². The standard InChI is InChI=1S/C17H22N/c1-3-8-15-11-13-18(14-12-15)17(4-2)16-9-6-5-7-10-16/h5-7,9-14,17H,3-4,8H2,1-2H3/q+1. The van der Waals surface area contributed by atoms with Gasteiger partial charge in [0.05, 0.1) is 0 Å². The fourth-order valence-corrected chi connectivity index (χ4v) is 2.43. The van der Waals surface area contributed by atoms with E-state index in [1.165, 1.54) is 24.0 Å². The average molecular weight is 240 g/mol. The quantitative estimate of drug-likeness (QED) is 0.697. The second-order valence-electron chi connectivity index (χ2n) is 4.74. The van der Waals surface area contributed by atoms with Crippen molar-refractivity contribution >= 4 is 0 Å². The Balaban J connectivity index is 2.23. The van der Waals surface area contributed by atoms with Crippen molar-refractivity contribution in [2.75, 3.05) is 0 Å². The third-order valence-corrected chi connectivity index (χ3v) is 3.39. The van der Waals surface area contributed by atoms with Gasteiger partial charge in [-0.15, -0.1) is 0 Å². The molecule has 0 saturated heterocycles. The van der Waals surface area contributed by atoms with Crippen molar-refractivity contribution in [3.63, 3.8) is 0 Å². The van der Waals surface area contributed by atoms with Crippen LogP contribution in [0, 0.1) is 0 Å². The van der Waals surface area contributed by atoms with Gasteiger partial charge in [0, 0.05) is 24.1 Å². The van der Waals surface area contributed by atoms with Gasteiger partial charge in [-0.3, -0.25) is 0 Å². The van der Waals surface area contributed by atoms with E-state index < -0.39 is 0 Å². The van der Waals surface area contributed by atoms with Crippen LogP contribution in [0.4, 0.5) is 0 Å². The molecule has 94 valence electrons. The van der Waals surface area contributed by atoms with Gasteiger partial charge < -0.3 is 0 Å².